The monoisotopic (exact) mass is 277 g/mol. The topological polar surface area (TPSA) is 77.2 Å². The second-order valence-electron chi connectivity index (χ2n) is 5.14. The van der Waals surface area contributed by atoms with Gasteiger partial charge in [0.1, 0.15) is 5.69 Å². The first-order chi connectivity index (χ1) is 9.79. The molecule has 1 amide bonds. The largest absolute Gasteiger partial charge is 0.376 e. The van der Waals surface area contributed by atoms with Gasteiger partial charge in [-0.05, 0) is 24.5 Å². The van der Waals surface area contributed by atoms with Crippen LogP contribution in [0.25, 0.3) is 0 Å². The lowest BCUT2D eigenvalue weighted by Crippen LogP contribution is -2.29. The molecule has 1 aliphatic carbocycles. The maximum atomic E-state index is 11.8. The number of nitrogens with zero attached hydrogens (tertiary/aromatic N) is 1. The molecule has 1 aliphatic rings. The van der Waals surface area contributed by atoms with E-state index in [0.29, 0.717) is 31.5 Å². The maximum Gasteiger partial charge on any atom is 0.269 e. The molecule has 3 N–H and O–H groups in total. The number of aromatic nitrogens is 1. The highest BCUT2D eigenvalue weighted by atomic mass is 16.5. The molecule has 110 valence electrons. The Hall–Kier alpha value is -1.46. The number of rotatable bonds is 6. The summed E-state index contributed by atoms with van der Waals surface area (Å²) in [5.41, 5.74) is 6.82. The summed E-state index contributed by atoms with van der Waals surface area (Å²) >= 11 is 0. The van der Waals surface area contributed by atoms with E-state index in [-0.39, 0.29) is 5.91 Å². The minimum absolute atomic E-state index is 0.166. The normalized spacial score (nSPS) is 16.1. The van der Waals surface area contributed by atoms with E-state index in [0.717, 1.165) is 18.4 Å². The van der Waals surface area contributed by atoms with Crippen molar-refractivity contribution in [3.8, 4) is 0 Å². The predicted molar refractivity (Wildman–Crippen MR) is 77.3 cm³/mol. The summed E-state index contributed by atoms with van der Waals surface area (Å²) in [6, 6.07) is 3.51. The Bertz CT molecular complexity index is 414. The Morgan fingerprint density at radius 3 is 2.80 bits per heavy atom. The Morgan fingerprint density at radius 2 is 2.15 bits per heavy atom. The van der Waals surface area contributed by atoms with Crippen molar-refractivity contribution in [3.05, 3.63) is 29.6 Å². The highest BCUT2D eigenvalue weighted by molar-refractivity contribution is 5.92. The van der Waals surface area contributed by atoms with Crippen LogP contribution >= 0.6 is 0 Å². The van der Waals surface area contributed by atoms with Gasteiger partial charge < -0.3 is 15.8 Å². The smallest absolute Gasteiger partial charge is 0.269 e. The molecule has 0 saturated heterocycles. The summed E-state index contributed by atoms with van der Waals surface area (Å²) in [5.74, 6) is -0.166. The zero-order valence-corrected chi connectivity index (χ0v) is 11.8. The zero-order chi connectivity index (χ0) is 14.2. The van der Waals surface area contributed by atoms with Crippen molar-refractivity contribution in [2.45, 2.75) is 44.8 Å². The van der Waals surface area contributed by atoms with Crippen LogP contribution in [0, 0.1) is 0 Å². The van der Waals surface area contributed by atoms with E-state index in [9.17, 15) is 4.79 Å². The molecule has 1 aromatic heterocycles. The first-order valence-corrected chi connectivity index (χ1v) is 7.34. The third kappa shape index (κ3) is 4.58. The first-order valence-electron chi connectivity index (χ1n) is 7.34. The number of amides is 1. The molecule has 0 spiro atoms. The van der Waals surface area contributed by atoms with Crippen LogP contribution in [0.15, 0.2) is 18.3 Å². The van der Waals surface area contributed by atoms with Gasteiger partial charge >= 0.3 is 0 Å². The number of carbonyl (C=O) groups excluding carboxylic acids is 1. The van der Waals surface area contributed by atoms with Crippen LogP contribution in [0.2, 0.25) is 0 Å². The van der Waals surface area contributed by atoms with E-state index in [4.69, 9.17) is 10.5 Å². The van der Waals surface area contributed by atoms with Crippen molar-refractivity contribution in [2.24, 2.45) is 5.73 Å². The number of hydrogen-bond acceptors (Lipinski definition) is 4. The molecule has 1 aromatic rings. The van der Waals surface area contributed by atoms with E-state index < -0.39 is 0 Å². The summed E-state index contributed by atoms with van der Waals surface area (Å²) in [7, 11) is 0. The molecular weight excluding hydrogens is 254 g/mol. The van der Waals surface area contributed by atoms with Gasteiger partial charge in [0, 0.05) is 19.3 Å². The van der Waals surface area contributed by atoms with E-state index in [1.165, 1.54) is 19.3 Å². The number of carbonyl (C=O) groups is 1. The predicted octanol–water partition coefficient (Wildman–Crippen LogP) is 1.62. The second-order valence-corrected chi connectivity index (χ2v) is 5.14. The number of pyridine rings is 1. The highest BCUT2D eigenvalue weighted by Crippen LogP contribution is 2.19. The van der Waals surface area contributed by atoms with E-state index in [1.807, 2.05) is 6.07 Å². The molecule has 5 nitrogen and oxygen atoms in total. The summed E-state index contributed by atoms with van der Waals surface area (Å²) in [6.45, 7) is 1.52. The van der Waals surface area contributed by atoms with E-state index >= 15 is 0 Å². The van der Waals surface area contributed by atoms with Gasteiger partial charge in [-0.1, -0.05) is 25.3 Å². The molecule has 5 heteroatoms. The fourth-order valence-electron chi connectivity index (χ4n) is 2.39. The molecule has 0 atom stereocenters. The van der Waals surface area contributed by atoms with Crippen LogP contribution in [-0.4, -0.2) is 30.1 Å². The minimum Gasteiger partial charge on any atom is -0.376 e. The first kappa shape index (κ1) is 14.9. The van der Waals surface area contributed by atoms with Gasteiger partial charge in [-0.25, -0.2) is 0 Å². The molecule has 1 saturated carbocycles. The van der Waals surface area contributed by atoms with Crippen molar-refractivity contribution in [2.75, 3.05) is 13.2 Å². The molecule has 2 rings (SSSR count). The van der Waals surface area contributed by atoms with Gasteiger partial charge in [0.25, 0.3) is 5.91 Å². The average molecular weight is 277 g/mol. The maximum absolute atomic E-state index is 11.8. The van der Waals surface area contributed by atoms with Crippen LogP contribution < -0.4 is 11.1 Å². The Morgan fingerprint density at radius 1 is 1.35 bits per heavy atom. The van der Waals surface area contributed by atoms with Crippen LogP contribution in [0.5, 0.6) is 0 Å². The summed E-state index contributed by atoms with van der Waals surface area (Å²) in [6.07, 6.45) is 8.14. The molecule has 0 bridgehead atoms. The number of nitrogens with two attached hydrogens (primary N) is 1. The van der Waals surface area contributed by atoms with Gasteiger partial charge in [0.2, 0.25) is 0 Å². The molecule has 0 unspecified atom stereocenters. The van der Waals surface area contributed by atoms with E-state index in [2.05, 4.69) is 10.3 Å². The fraction of sp³-hybridized carbons (Fsp3) is 0.600. The molecule has 0 aromatic carbocycles. The molecule has 0 radical (unpaired) electrons. The van der Waals surface area contributed by atoms with E-state index in [1.54, 1.807) is 12.3 Å². The molecular formula is C15H23N3O2. The number of hydrogen-bond donors (Lipinski definition) is 2. The van der Waals surface area contributed by atoms with Crippen LogP contribution in [-0.2, 0) is 11.3 Å². The third-order valence-electron chi connectivity index (χ3n) is 3.59. The SMILES string of the molecule is NCc1ccc(C(=O)NCCOC2CCCCC2)nc1. The Labute approximate surface area is 119 Å². The van der Waals surface area contributed by atoms with Gasteiger partial charge in [0.05, 0.1) is 12.7 Å². The summed E-state index contributed by atoms with van der Waals surface area (Å²) in [5, 5.41) is 2.82. The van der Waals surface area contributed by atoms with Gasteiger partial charge in [0.15, 0.2) is 0 Å². The van der Waals surface area contributed by atoms with Gasteiger partial charge in [-0.15, -0.1) is 0 Å². The average Bonchev–Trinajstić information content (AvgIpc) is 2.52. The molecule has 1 fully saturated rings. The third-order valence-corrected chi connectivity index (χ3v) is 3.59. The number of ether oxygens (including phenoxy) is 1. The second kappa shape index (κ2) is 7.97. The highest BCUT2D eigenvalue weighted by Gasteiger charge is 2.13. The van der Waals surface area contributed by atoms with Crippen molar-refractivity contribution in [1.82, 2.24) is 10.3 Å². The lowest BCUT2D eigenvalue weighted by Gasteiger charge is -2.21. The summed E-state index contributed by atoms with van der Waals surface area (Å²) < 4.78 is 5.75. The quantitative estimate of drug-likeness (QED) is 0.775. The van der Waals surface area contributed by atoms with Crippen LogP contribution in [0.4, 0.5) is 0 Å². The van der Waals surface area contributed by atoms with Gasteiger partial charge in [-0.3, -0.25) is 9.78 Å². The van der Waals surface area contributed by atoms with Crippen molar-refractivity contribution in [3.63, 3.8) is 0 Å². The molecule has 1 heterocycles. The van der Waals surface area contributed by atoms with Crippen molar-refractivity contribution in [1.29, 1.82) is 0 Å². The van der Waals surface area contributed by atoms with Crippen LogP contribution in [0.3, 0.4) is 0 Å². The lowest BCUT2D eigenvalue weighted by molar-refractivity contribution is 0.0299. The summed E-state index contributed by atoms with van der Waals surface area (Å²) in [4.78, 5) is 15.9. The number of nitrogens with one attached hydrogen (secondary N) is 1. The molecule has 0 aliphatic heterocycles. The van der Waals surface area contributed by atoms with Gasteiger partial charge in [-0.2, -0.15) is 0 Å². The fourth-order valence-corrected chi connectivity index (χ4v) is 2.39. The van der Waals surface area contributed by atoms with Crippen LogP contribution in [0.1, 0.15) is 48.2 Å². The minimum atomic E-state index is -0.166. The van der Waals surface area contributed by atoms with Crippen molar-refractivity contribution < 1.29 is 9.53 Å². The zero-order valence-electron chi connectivity index (χ0n) is 11.8. The lowest BCUT2D eigenvalue weighted by atomic mass is 9.98. The Balaban J connectivity index is 1.66. The standard InChI is InChI=1S/C15H23N3O2/c16-10-12-6-7-14(18-11-12)15(19)17-8-9-20-13-4-2-1-3-5-13/h6-7,11,13H,1-5,8-10,16H2,(H,17,19). The molecule has 20 heavy (non-hydrogen) atoms. The Kier molecular flexibility index (Phi) is 5.95. The van der Waals surface area contributed by atoms with Crippen molar-refractivity contribution >= 4 is 5.91 Å².